The second-order valence-corrected chi connectivity index (χ2v) is 8.67. The highest BCUT2D eigenvalue weighted by Crippen LogP contribution is 2.25. The van der Waals surface area contributed by atoms with Crippen LogP contribution in [0.1, 0.15) is 6.42 Å². The van der Waals surface area contributed by atoms with Crippen molar-refractivity contribution in [3.8, 4) is 11.6 Å². The summed E-state index contributed by atoms with van der Waals surface area (Å²) in [6, 6.07) is 5.85. The van der Waals surface area contributed by atoms with Crippen LogP contribution in [0.25, 0.3) is 0 Å². The third-order valence-corrected chi connectivity index (χ3v) is 6.18. The molecule has 1 fully saturated rings. The molecular formula is C18H23N5O5S. The van der Waals surface area contributed by atoms with Gasteiger partial charge in [0.2, 0.25) is 15.9 Å². The fraction of sp³-hybridized carbons (Fsp3) is 0.389. The maximum absolute atomic E-state index is 12.9. The summed E-state index contributed by atoms with van der Waals surface area (Å²) in [4.78, 5) is 21.1. The lowest BCUT2D eigenvalue weighted by molar-refractivity contribution is -0.119. The average Bonchev–Trinajstić information content (AvgIpc) is 3.16. The predicted molar refractivity (Wildman–Crippen MR) is 105 cm³/mol. The van der Waals surface area contributed by atoms with E-state index in [1.807, 2.05) is 19.0 Å². The molecule has 1 aromatic carbocycles. The van der Waals surface area contributed by atoms with E-state index in [0.717, 1.165) is 0 Å². The first kappa shape index (κ1) is 20.8. The van der Waals surface area contributed by atoms with Gasteiger partial charge in [0.25, 0.3) is 5.91 Å². The van der Waals surface area contributed by atoms with E-state index in [1.54, 1.807) is 6.20 Å². The van der Waals surface area contributed by atoms with Crippen LogP contribution in [0.2, 0.25) is 0 Å². The number of nitrogens with zero attached hydrogens (tertiary/aromatic N) is 4. The zero-order valence-electron chi connectivity index (χ0n) is 16.2. The first-order valence-electron chi connectivity index (χ1n) is 8.93. The molecule has 1 aliphatic heterocycles. The Labute approximate surface area is 169 Å². The van der Waals surface area contributed by atoms with Gasteiger partial charge in [-0.3, -0.25) is 9.78 Å². The number of anilines is 1. The number of benzene rings is 1. The number of sulfonamides is 1. The van der Waals surface area contributed by atoms with Crippen LogP contribution in [0.5, 0.6) is 11.6 Å². The smallest absolute Gasteiger partial charge is 0.255 e. The van der Waals surface area contributed by atoms with E-state index < -0.39 is 15.9 Å². The van der Waals surface area contributed by atoms with Gasteiger partial charge in [0.05, 0.1) is 23.8 Å². The molecule has 0 aliphatic carbocycles. The molecule has 3 rings (SSSR count). The Morgan fingerprint density at radius 3 is 2.66 bits per heavy atom. The molecule has 0 spiro atoms. The molecule has 156 valence electrons. The number of nitrogens with two attached hydrogens (primary N) is 1. The highest BCUT2D eigenvalue weighted by Gasteiger charge is 2.34. The highest BCUT2D eigenvalue weighted by atomic mass is 32.2. The Morgan fingerprint density at radius 1 is 1.28 bits per heavy atom. The van der Waals surface area contributed by atoms with E-state index in [2.05, 4.69) is 9.97 Å². The van der Waals surface area contributed by atoms with Crippen molar-refractivity contribution in [1.29, 1.82) is 0 Å². The largest absolute Gasteiger partial charge is 0.484 e. The van der Waals surface area contributed by atoms with Gasteiger partial charge in [-0.25, -0.2) is 8.42 Å². The lowest BCUT2D eigenvalue weighted by Crippen LogP contribution is -2.31. The minimum absolute atomic E-state index is 0.138. The molecule has 0 bridgehead atoms. The fourth-order valence-corrected chi connectivity index (χ4v) is 4.29. The van der Waals surface area contributed by atoms with E-state index in [9.17, 15) is 13.2 Å². The molecule has 2 aromatic rings. The van der Waals surface area contributed by atoms with E-state index in [0.29, 0.717) is 30.4 Å². The quantitative estimate of drug-likeness (QED) is 0.642. The van der Waals surface area contributed by atoms with E-state index >= 15 is 0 Å². The van der Waals surface area contributed by atoms with Gasteiger partial charge in [0, 0.05) is 20.6 Å². The zero-order valence-corrected chi connectivity index (χ0v) is 17.0. The lowest BCUT2D eigenvalue weighted by atomic mass is 10.3. The number of hydrogen-bond acceptors (Lipinski definition) is 8. The molecule has 1 atom stereocenters. The first-order valence-corrected chi connectivity index (χ1v) is 10.4. The van der Waals surface area contributed by atoms with Gasteiger partial charge in [-0.1, -0.05) is 0 Å². The standard InChI is InChI=1S/C18H23N5O5S/c1-22(2)17-9-20-10-18(21-17)28-14-7-8-23(11-14)29(25,26)15-5-3-13(4-6-15)27-12-16(19)24/h3-6,9-10,14H,7-8,11-12H2,1-2H3,(H2,19,24). The normalized spacial score (nSPS) is 17.1. The van der Waals surface area contributed by atoms with Crippen molar-refractivity contribution in [2.24, 2.45) is 5.73 Å². The first-order chi connectivity index (χ1) is 13.8. The average molecular weight is 421 g/mol. The van der Waals surface area contributed by atoms with Crippen molar-refractivity contribution in [2.45, 2.75) is 17.4 Å². The summed E-state index contributed by atoms with van der Waals surface area (Å²) >= 11 is 0. The Kier molecular flexibility index (Phi) is 6.18. The molecule has 2 N–H and O–H groups in total. The summed E-state index contributed by atoms with van der Waals surface area (Å²) in [5.41, 5.74) is 5.02. The number of hydrogen-bond donors (Lipinski definition) is 1. The van der Waals surface area contributed by atoms with Gasteiger partial charge < -0.3 is 20.1 Å². The van der Waals surface area contributed by atoms with Crippen LogP contribution in [0.4, 0.5) is 5.82 Å². The van der Waals surface area contributed by atoms with Crippen molar-refractivity contribution >= 4 is 21.7 Å². The summed E-state index contributed by atoms with van der Waals surface area (Å²) in [5, 5.41) is 0. The number of carbonyl (C=O) groups is 1. The summed E-state index contributed by atoms with van der Waals surface area (Å²) < 4.78 is 38.1. The number of carbonyl (C=O) groups excluding carboxylic acids is 1. The molecule has 1 saturated heterocycles. The van der Waals surface area contributed by atoms with Crippen LogP contribution >= 0.6 is 0 Å². The van der Waals surface area contributed by atoms with Crippen LogP contribution in [-0.4, -0.2) is 68.5 Å². The third-order valence-electron chi connectivity index (χ3n) is 4.30. The second-order valence-electron chi connectivity index (χ2n) is 6.73. The topological polar surface area (TPSA) is 128 Å². The van der Waals surface area contributed by atoms with Crippen LogP contribution in [0.3, 0.4) is 0 Å². The molecule has 2 heterocycles. The molecule has 10 nitrogen and oxygen atoms in total. The third kappa shape index (κ3) is 5.12. The maximum Gasteiger partial charge on any atom is 0.255 e. The van der Waals surface area contributed by atoms with Crippen molar-refractivity contribution in [3.63, 3.8) is 0 Å². The molecular weight excluding hydrogens is 398 g/mol. The molecule has 0 saturated carbocycles. The minimum Gasteiger partial charge on any atom is -0.484 e. The SMILES string of the molecule is CN(C)c1cncc(OC2CCN(S(=O)(=O)c3ccc(OCC(N)=O)cc3)C2)n1. The lowest BCUT2D eigenvalue weighted by Gasteiger charge is -2.18. The van der Waals surface area contributed by atoms with Crippen LogP contribution in [0, 0.1) is 0 Å². The second kappa shape index (κ2) is 8.62. The van der Waals surface area contributed by atoms with Crippen LogP contribution < -0.4 is 20.1 Å². The Bertz CT molecular complexity index is 965. The fourth-order valence-electron chi connectivity index (χ4n) is 2.80. The van der Waals surface area contributed by atoms with Gasteiger partial charge in [-0.05, 0) is 30.7 Å². The monoisotopic (exact) mass is 421 g/mol. The molecule has 1 amide bonds. The van der Waals surface area contributed by atoms with Crippen LogP contribution in [-0.2, 0) is 14.8 Å². The predicted octanol–water partition coefficient (Wildman–Crippen LogP) is 0.249. The van der Waals surface area contributed by atoms with Gasteiger partial charge in [0.15, 0.2) is 12.4 Å². The van der Waals surface area contributed by atoms with E-state index in [4.69, 9.17) is 15.2 Å². The molecule has 1 aromatic heterocycles. The summed E-state index contributed by atoms with van der Waals surface area (Å²) in [7, 11) is 0.0265. The van der Waals surface area contributed by atoms with E-state index in [1.165, 1.54) is 34.8 Å². The number of rotatable bonds is 8. The summed E-state index contributed by atoms with van der Waals surface area (Å²) in [6.07, 6.45) is 3.37. The molecule has 1 aliphatic rings. The molecule has 29 heavy (non-hydrogen) atoms. The number of ether oxygens (including phenoxy) is 2. The Balaban J connectivity index is 1.64. The summed E-state index contributed by atoms with van der Waals surface area (Å²) in [5.74, 6) is 0.773. The maximum atomic E-state index is 12.9. The summed E-state index contributed by atoms with van der Waals surface area (Å²) in [6.45, 7) is 0.291. The van der Waals surface area contributed by atoms with Gasteiger partial charge >= 0.3 is 0 Å². The number of amides is 1. The van der Waals surface area contributed by atoms with Crippen molar-refractivity contribution in [2.75, 3.05) is 38.7 Å². The Morgan fingerprint density at radius 2 is 2.00 bits per heavy atom. The van der Waals surface area contributed by atoms with Crippen molar-refractivity contribution in [3.05, 3.63) is 36.7 Å². The van der Waals surface area contributed by atoms with Crippen molar-refractivity contribution < 1.29 is 22.7 Å². The highest BCUT2D eigenvalue weighted by molar-refractivity contribution is 7.89. The minimum atomic E-state index is -3.67. The van der Waals surface area contributed by atoms with Gasteiger partial charge in [-0.2, -0.15) is 9.29 Å². The van der Waals surface area contributed by atoms with Gasteiger partial charge in [-0.15, -0.1) is 0 Å². The van der Waals surface area contributed by atoms with Crippen molar-refractivity contribution in [1.82, 2.24) is 14.3 Å². The Hall–Kier alpha value is -2.92. The molecule has 0 radical (unpaired) electrons. The molecule has 1 unspecified atom stereocenters. The van der Waals surface area contributed by atoms with E-state index in [-0.39, 0.29) is 24.2 Å². The molecule has 11 heteroatoms. The zero-order chi connectivity index (χ0) is 21.0. The number of primary amides is 1. The van der Waals surface area contributed by atoms with Gasteiger partial charge in [0.1, 0.15) is 11.9 Å². The number of aromatic nitrogens is 2. The van der Waals surface area contributed by atoms with Crippen LogP contribution in [0.15, 0.2) is 41.6 Å².